The smallest absolute Gasteiger partial charge is 0.143 e. The lowest BCUT2D eigenvalue weighted by Crippen LogP contribution is -2.15. The maximum atomic E-state index is 12.3. The normalized spacial score (nSPS) is 13.7. The van der Waals surface area contributed by atoms with Crippen molar-refractivity contribution in [3.8, 4) is 0 Å². The van der Waals surface area contributed by atoms with E-state index in [0.717, 1.165) is 20.2 Å². The largest absolute Gasteiger partial charge is 0.299 e. The first-order chi connectivity index (χ1) is 11.1. The van der Waals surface area contributed by atoms with Crippen LogP contribution in [0.1, 0.15) is 45.9 Å². The van der Waals surface area contributed by atoms with Gasteiger partial charge in [-0.05, 0) is 53.8 Å². The molecule has 5 heteroatoms. The summed E-state index contributed by atoms with van der Waals surface area (Å²) in [6, 6.07) is 9.91. The van der Waals surface area contributed by atoms with Gasteiger partial charge >= 0.3 is 0 Å². The highest BCUT2D eigenvalue weighted by Crippen LogP contribution is 2.41. The Hall–Kier alpha value is -1.56. The summed E-state index contributed by atoms with van der Waals surface area (Å²) in [6.45, 7) is 3.25. The second kappa shape index (κ2) is 6.91. The molecule has 2 unspecified atom stereocenters. The van der Waals surface area contributed by atoms with Gasteiger partial charge in [-0.15, -0.1) is 34.0 Å². The lowest BCUT2D eigenvalue weighted by Gasteiger charge is -2.18. The molecule has 0 saturated heterocycles. The van der Waals surface area contributed by atoms with Crippen molar-refractivity contribution in [1.82, 2.24) is 0 Å². The Morgan fingerprint density at radius 2 is 1.35 bits per heavy atom. The van der Waals surface area contributed by atoms with Gasteiger partial charge in [-0.1, -0.05) is 12.1 Å². The van der Waals surface area contributed by atoms with Gasteiger partial charge in [0.15, 0.2) is 0 Å². The molecule has 0 radical (unpaired) electrons. The van der Waals surface area contributed by atoms with Gasteiger partial charge in [0.05, 0.1) is 11.8 Å². The first-order valence-corrected chi connectivity index (χ1v) is 9.88. The molecule has 0 N–H and O–H groups in total. The maximum absolute atomic E-state index is 12.3. The van der Waals surface area contributed by atoms with E-state index >= 15 is 0 Å². The molecular weight excluding hydrogens is 344 g/mol. The summed E-state index contributed by atoms with van der Waals surface area (Å²) in [7, 11) is 0. The van der Waals surface area contributed by atoms with Crippen LogP contribution in [-0.2, 0) is 9.59 Å². The van der Waals surface area contributed by atoms with Gasteiger partial charge in [-0.2, -0.15) is 0 Å². The molecule has 2 atom stereocenters. The molecule has 0 bridgehead atoms. The van der Waals surface area contributed by atoms with Gasteiger partial charge in [-0.3, -0.25) is 9.59 Å². The number of carbonyl (C=O) groups excluding carboxylic acids is 2. The van der Waals surface area contributed by atoms with Crippen LogP contribution in [0.15, 0.2) is 46.5 Å². The molecule has 0 aromatic carbocycles. The second-order valence-corrected chi connectivity index (χ2v) is 8.26. The van der Waals surface area contributed by atoms with Crippen molar-refractivity contribution >= 4 is 45.6 Å². The molecule has 3 aromatic rings. The molecule has 3 rings (SSSR count). The molecular formula is C18H16O2S3. The number of Topliss-reactive ketones (excluding diaryl/α,β-unsaturated/α-hetero) is 2. The van der Waals surface area contributed by atoms with Crippen LogP contribution in [-0.4, -0.2) is 11.6 Å². The lowest BCUT2D eigenvalue weighted by molar-refractivity contribution is -0.118. The van der Waals surface area contributed by atoms with Crippen LogP contribution >= 0.6 is 34.0 Å². The fourth-order valence-corrected chi connectivity index (χ4v) is 5.78. The van der Waals surface area contributed by atoms with Gasteiger partial charge in [-0.25, -0.2) is 0 Å². The lowest BCUT2D eigenvalue weighted by atomic mass is 9.89. The van der Waals surface area contributed by atoms with Gasteiger partial charge < -0.3 is 0 Å². The third-order valence-corrected chi connectivity index (χ3v) is 6.64. The van der Waals surface area contributed by atoms with E-state index in [-0.39, 0.29) is 23.4 Å². The number of ketones is 2. The molecule has 0 amide bonds. The molecule has 0 fully saturated rings. The average molecular weight is 361 g/mol. The Kier molecular flexibility index (Phi) is 4.90. The van der Waals surface area contributed by atoms with E-state index < -0.39 is 0 Å². The number of carbonyl (C=O) groups is 2. The monoisotopic (exact) mass is 360 g/mol. The van der Waals surface area contributed by atoms with Crippen molar-refractivity contribution in [2.24, 2.45) is 0 Å². The SMILES string of the molecule is CC(=O)C(c1cccs1)c1ccsc1C(C(C)=O)c1cccs1. The zero-order valence-corrected chi connectivity index (χ0v) is 15.3. The second-order valence-electron chi connectivity index (χ2n) is 5.36. The van der Waals surface area contributed by atoms with Crippen molar-refractivity contribution in [3.63, 3.8) is 0 Å². The topological polar surface area (TPSA) is 34.1 Å². The Bertz CT molecular complexity index is 731. The van der Waals surface area contributed by atoms with Crippen molar-refractivity contribution in [2.45, 2.75) is 25.7 Å². The van der Waals surface area contributed by atoms with Crippen LogP contribution in [0, 0.1) is 0 Å². The molecule has 0 aliphatic carbocycles. The first-order valence-electron chi connectivity index (χ1n) is 7.24. The highest BCUT2D eigenvalue weighted by molar-refractivity contribution is 7.12. The minimum atomic E-state index is -0.280. The van der Waals surface area contributed by atoms with Crippen LogP contribution in [0.25, 0.3) is 0 Å². The highest BCUT2D eigenvalue weighted by atomic mass is 32.1. The van der Waals surface area contributed by atoms with Gasteiger partial charge in [0.2, 0.25) is 0 Å². The van der Waals surface area contributed by atoms with Crippen LogP contribution in [0.2, 0.25) is 0 Å². The van der Waals surface area contributed by atoms with Crippen LogP contribution in [0.4, 0.5) is 0 Å². The van der Waals surface area contributed by atoms with Crippen molar-refractivity contribution < 1.29 is 9.59 Å². The highest BCUT2D eigenvalue weighted by Gasteiger charge is 2.30. The Labute approximate surface area is 147 Å². The van der Waals surface area contributed by atoms with Crippen LogP contribution in [0.3, 0.4) is 0 Å². The molecule has 0 aliphatic heterocycles. The summed E-state index contributed by atoms with van der Waals surface area (Å²) in [4.78, 5) is 27.7. The van der Waals surface area contributed by atoms with Gasteiger partial charge in [0.25, 0.3) is 0 Å². The number of hydrogen-bond acceptors (Lipinski definition) is 5. The molecule has 3 aromatic heterocycles. The van der Waals surface area contributed by atoms with E-state index in [1.807, 2.05) is 46.5 Å². The zero-order valence-electron chi connectivity index (χ0n) is 12.8. The van der Waals surface area contributed by atoms with Gasteiger partial charge in [0.1, 0.15) is 11.6 Å². The van der Waals surface area contributed by atoms with E-state index in [1.54, 1.807) is 47.9 Å². The molecule has 0 saturated carbocycles. The number of hydrogen-bond donors (Lipinski definition) is 0. The fourth-order valence-electron chi connectivity index (χ4n) is 2.80. The predicted octanol–water partition coefficient (Wildman–Crippen LogP) is 5.31. The molecule has 0 aliphatic rings. The van der Waals surface area contributed by atoms with Crippen molar-refractivity contribution in [3.05, 3.63) is 66.7 Å². The number of thiophene rings is 3. The summed E-state index contributed by atoms with van der Waals surface area (Å²) >= 11 is 4.74. The zero-order chi connectivity index (χ0) is 16.4. The standard InChI is InChI=1S/C18H16O2S3/c1-11(19)16(14-5-3-8-21-14)13-7-10-23-18(13)17(12(2)20)15-6-4-9-22-15/h3-10,16-17H,1-2H3. The molecule has 23 heavy (non-hydrogen) atoms. The summed E-state index contributed by atoms with van der Waals surface area (Å²) in [5, 5.41) is 5.96. The van der Waals surface area contributed by atoms with Crippen LogP contribution in [0.5, 0.6) is 0 Å². The minimum absolute atomic E-state index is 0.112. The summed E-state index contributed by atoms with van der Waals surface area (Å²) in [5.74, 6) is -0.324. The molecule has 2 nitrogen and oxygen atoms in total. The fraction of sp³-hybridized carbons (Fsp3) is 0.222. The third-order valence-electron chi connectivity index (χ3n) is 3.77. The Morgan fingerprint density at radius 1 is 0.783 bits per heavy atom. The molecule has 0 spiro atoms. The summed E-state index contributed by atoms with van der Waals surface area (Å²) in [6.07, 6.45) is 0. The predicted molar refractivity (Wildman–Crippen MR) is 98.0 cm³/mol. The van der Waals surface area contributed by atoms with E-state index in [1.165, 1.54) is 0 Å². The Morgan fingerprint density at radius 3 is 1.83 bits per heavy atom. The van der Waals surface area contributed by atoms with E-state index in [4.69, 9.17) is 0 Å². The minimum Gasteiger partial charge on any atom is -0.299 e. The molecule has 118 valence electrons. The Balaban J connectivity index is 2.11. The average Bonchev–Trinajstić information content (AvgIpc) is 3.22. The maximum Gasteiger partial charge on any atom is 0.143 e. The van der Waals surface area contributed by atoms with E-state index in [2.05, 4.69) is 0 Å². The molecule has 3 heterocycles. The van der Waals surface area contributed by atoms with E-state index in [9.17, 15) is 9.59 Å². The summed E-state index contributed by atoms with van der Waals surface area (Å²) in [5.41, 5.74) is 0.971. The number of rotatable bonds is 6. The first kappa shape index (κ1) is 16.3. The third kappa shape index (κ3) is 3.22. The van der Waals surface area contributed by atoms with Crippen molar-refractivity contribution in [1.29, 1.82) is 0 Å². The van der Waals surface area contributed by atoms with Crippen molar-refractivity contribution in [2.75, 3.05) is 0 Å². The quantitative estimate of drug-likeness (QED) is 0.597. The van der Waals surface area contributed by atoms with Gasteiger partial charge in [0, 0.05) is 14.6 Å². The summed E-state index contributed by atoms with van der Waals surface area (Å²) < 4.78 is 0. The van der Waals surface area contributed by atoms with Crippen LogP contribution < -0.4 is 0 Å². The van der Waals surface area contributed by atoms with E-state index in [0.29, 0.717) is 0 Å².